The van der Waals surface area contributed by atoms with Gasteiger partial charge in [-0.3, -0.25) is 10.1 Å². The molecule has 8 heteroatoms. The summed E-state index contributed by atoms with van der Waals surface area (Å²) in [5.41, 5.74) is 0.718. The van der Waals surface area contributed by atoms with Crippen LogP contribution in [0.1, 0.15) is 0 Å². The monoisotopic (exact) mass is 307 g/mol. The number of oxazole rings is 1. The molecule has 2 aromatic carbocycles. The summed E-state index contributed by atoms with van der Waals surface area (Å²) in [6.45, 7) is 0. The highest BCUT2D eigenvalue weighted by molar-refractivity contribution is 6.31. The Bertz CT molecular complexity index is 850. The van der Waals surface area contributed by atoms with E-state index in [4.69, 9.17) is 16.0 Å². The molecule has 6 nitrogen and oxygen atoms in total. The van der Waals surface area contributed by atoms with E-state index in [1.807, 2.05) is 0 Å². The Labute approximate surface area is 122 Å². The number of nitrogens with one attached hydrogen (secondary N) is 1. The largest absolute Gasteiger partial charge is 0.423 e. The van der Waals surface area contributed by atoms with Crippen LogP contribution in [0, 0.1) is 15.9 Å². The van der Waals surface area contributed by atoms with Gasteiger partial charge in [0.2, 0.25) is 0 Å². The van der Waals surface area contributed by atoms with Crippen LogP contribution in [0.4, 0.5) is 21.8 Å². The van der Waals surface area contributed by atoms with Crippen LogP contribution < -0.4 is 5.32 Å². The fourth-order valence-electron chi connectivity index (χ4n) is 1.83. The lowest BCUT2D eigenvalue weighted by atomic mass is 10.3. The first kappa shape index (κ1) is 13.3. The van der Waals surface area contributed by atoms with Gasteiger partial charge in [0.1, 0.15) is 5.82 Å². The fourth-order valence-corrected chi connectivity index (χ4v) is 2.01. The maximum Gasteiger partial charge on any atom is 0.300 e. The Morgan fingerprint density at radius 2 is 2.14 bits per heavy atom. The first-order valence-electron chi connectivity index (χ1n) is 5.80. The first-order valence-corrected chi connectivity index (χ1v) is 6.18. The van der Waals surface area contributed by atoms with E-state index in [1.54, 1.807) is 6.07 Å². The van der Waals surface area contributed by atoms with E-state index >= 15 is 0 Å². The van der Waals surface area contributed by atoms with Crippen LogP contribution in [0.5, 0.6) is 0 Å². The van der Waals surface area contributed by atoms with Gasteiger partial charge >= 0.3 is 6.01 Å². The first-order chi connectivity index (χ1) is 10.0. The number of halogens is 2. The summed E-state index contributed by atoms with van der Waals surface area (Å²) in [6.07, 6.45) is 0. The number of rotatable bonds is 3. The van der Waals surface area contributed by atoms with Crippen molar-refractivity contribution >= 4 is 40.1 Å². The molecule has 0 atom stereocenters. The summed E-state index contributed by atoms with van der Waals surface area (Å²) < 4.78 is 18.4. The Balaban J connectivity index is 1.99. The lowest BCUT2D eigenvalue weighted by molar-refractivity contribution is -0.383. The number of benzene rings is 2. The van der Waals surface area contributed by atoms with E-state index in [0.29, 0.717) is 5.69 Å². The maximum atomic E-state index is 13.1. The second-order valence-electron chi connectivity index (χ2n) is 4.15. The summed E-state index contributed by atoms with van der Waals surface area (Å²) in [6, 6.07) is 8.47. The van der Waals surface area contributed by atoms with E-state index in [1.165, 1.54) is 30.3 Å². The summed E-state index contributed by atoms with van der Waals surface area (Å²) >= 11 is 5.67. The summed E-state index contributed by atoms with van der Waals surface area (Å²) in [7, 11) is 0. The van der Waals surface area contributed by atoms with Crippen LogP contribution in [0.3, 0.4) is 0 Å². The Hall–Kier alpha value is -2.67. The standard InChI is InChI=1S/C13H7ClFN3O3/c14-8-6-7(4-5-9(8)15)16-13-17-12-10(18(19)20)2-1-3-11(12)21-13/h1-6H,(H,16,17). The molecule has 0 radical (unpaired) electrons. The van der Waals surface area contributed by atoms with Crippen LogP contribution in [-0.4, -0.2) is 9.91 Å². The van der Waals surface area contributed by atoms with Gasteiger partial charge in [-0.2, -0.15) is 4.98 Å². The minimum absolute atomic E-state index is 0.0536. The zero-order valence-corrected chi connectivity index (χ0v) is 11.1. The van der Waals surface area contributed by atoms with Crippen LogP contribution >= 0.6 is 11.6 Å². The van der Waals surface area contributed by atoms with Crippen molar-refractivity contribution in [2.75, 3.05) is 5.32 Å². The van der Waals surface area contributed by atoms with E-state index in [-0.39, 0.29) is 27.8 Å². The molecule has 0 unspecified atom stereocenters. The Morgan fingerprint density at radius 1 is 1.33 bits per heavy atom. The second-order valence-corrected chi connectivity index (χ2v) is 4.56. The zero-order valence-electron chi connectivity index (χ0n) is 10.3. The molecule has 0 spiro atoms. The molecule has 0 aliphatic rings. The van der Waals surface area contributed by atoms with Gasteiger partial charge in [0.05, 0.1) is 9.95 Å². The number of hydrogen-bond acceptors (Lipinski definition) is 5. The second kappa shape index (κ2) is 5.02. The lowest BCUT2D eigenvalue weighted by Crippen LogP contribution is -1.91. The van der Waals surface area contributed by atoms with E-state index in [0.717, 1.165) is 0 Å². The van der Waals surface area contributed by atoms with Crippen molar-refractivity contribution in [3.8, 4) is 0 Å². The van der Waals surface area contributed by atoms with Crippen molar-refractivity contribution in [1.29, 1.82) is 0 Å². The average Bonchev–Trinajstić information content (AvgIpc) is 2.84. The molecule has 0 bridgehead atoms. The molecule has 21 heavy (non-hydrogen) atoms. The van der Waals surface area contributed by atoms with Gasteiger partial charge in [-0.15, -0.1) is 0 Å². The van der Waals surface area contributed by atoms with Crippen molar-refractivity contribution in [1.82, 2.24) is 4.98 Å². The van der Waals surface area contributed by atoms with Crippen molar-refractivity contribution < 1.29 is 13.7 Å². The molecule has 0 amide bonds. The number of nitrogens with zero attached hydrogens (tertiary/aromatic N) is 2. The van der Waals surface area contributed by atoms with Gasteiger partial charge in [0.25, 0.3) is 5.69 Å². The minimum atomic E-state index is -0.546. The number of nitro groups is 1. The lowest BCUT2D eigenvalue weighted by Gasteiger charge is -2.02. The summed E-state index contributed by atoms with van der Waals surface area (Å²) in [4.78, 5) is 14.4. The molecule has 0 saturated heterocycles. The van der Waals surface area contributed by atoms with Crippen molar-refractivity contribution in [3.63, 3.8) is 0 Å². The third-order valence-corrected chi connectivity index (χ3v) is 3.05. The smallest absolute Gasteiger partial charge is 0.300 e. The number of fused-ring (bicyclic) bond motifs is 1. The van der Waals surface area contributed by atoms with Gasteiger partial charge in [-0.25, -0.2) is 4.39 Å². The predicted octanol–water partition coefficient (Wildman–Crippen LogP) is 4.27. The van der Waals surface area contributed by atoms with Crippen LogP contribution in [0.15, 0.2) is 40.8 Å². The van der Waals surface area contributed by atoms with Crippen molar-refractivity contribution in [3.05, 3.63) is 57.4 Å². The van der Waals surface area contributed by atoms with Gasteiger partial charge in [0, 0.05) is 11.8 Å². The number of hydrogen-bond donors (Lipinski definition) is 1. The molecule has 1 aromatic heterocycles. The third-order valence-electron chi connectivity index (χ3n) is 2.77. The number of para-hydroxylation sites is 1. The molecule has 0 saturated carbocycles. The summed E-state index contributed by atoms with van der Waals surface area (Å²) in [5.74, 6) is -0.546. The highest BCUT2D eigenvalue weighted by atomic mass is 35.5. The molecular formula is C13H7ClFN3O3. The van der Waals surface area contributed by atoms with Crippen molar-refractivity contribution in [2.24, 2.45) is 0 Å². The molecule has 3 rings (SSSR count). The van der Waals surface area contributed by atoms with Crippen LogP contribution in [0.25, 0.3) is 11.1 Å². The minimum Gasteiger partial charge on any atom is -0.423 e. The van der Waals surface area contributed by atoms with Gasteiger partial charge in [-0.05, 0) is 24.3 Å². The maximum absolute atomic E-state index is 13.1. The topological polar surface area (TPSA) is 81.2 Å². The fraction of sp³-hybridized carbons (Fsp3) is 0. The summed E-state index contributed by atoms with van der Waals surface area (Å²) in [5, 5.41) is 13.6. The number of aromatic nitrogens is 1. The molecule has 0 aliphatic heterocycles. The highest BCUT2D eigenvalue weighted by Gasteiger charge is 2.17. The average molecular weight is 308 g/mol. The van der Waals surface area contributed by atoms with Gasteiger partial charge < -0.3 is 9.73 Å². The number of non-ortho nitro benzene ring substituents is 1. The molecule has 1 heterocycles. The SMILES string of the molecule is O=[N+]([O-])c1cccc2oc(Nc3ccc(F)c(Cl)c3)nc12. The van der Waals surface area contributed by atoms with Crippen molar-refractivity contribution in [2.45, 2.75) is 0 Å². The van der Waals surface area contributed by atoms with Crippen LogP contribution in [0.2, 0.25) is 5.02 Å². The molecule has 0 fully saturated rings. The van der Waals surface area contributed by atoms with E-state index < -0.39 is 10.7 Å². The van der Waals surface area contributed by atoms with Crippen LogP contribution in [-0.2, 0) is 0 Å². The van der Waals surface area contributed by atoms with Gasteiger partial charge in [-0.1, -0.05) is 17.7 Å². The molecule has 0 aliphatic carbocycles. The highest BCUT2D eigenvalue weighted by Crippen LogP contribution is 2.29. The Kier molecular flexibility index (Phi) is 3.19. The zero-order chi connectivity index (χ0) is 15.0. The third kappa shape index (κ3) is 2.50. The number of anilines is 2. The quantitative estimate of drug-likeness (QED) is 0.577. The molecule has 1 N–H and O–H groups in total. The Morgan fingerprint density at radius 3 is 2.86 bits per heavy atom. The number of nitro benzene ring substituents is 1. The molecule has 3 aromatic rings. The molecular weight excluding hydrogens is 301 g/mol. The van der Waals surface area contributed by atoms with E-state index in [2.05, 4.69) is 10.3 Å². The normalized spacial score (nSPS) is 10.8. The van der Waals surface area contributed by atoms with Gasteiger partial charge in [0.15, 0.2) is 11.1 Å². The predicted molar refractivity (Wildman–Crippen MR) is 75.4 cm³/mol. The molecule has 106 valence electrons. The van der Waals surface area contributed by atoms with E-state index in [9.17, 15) is 14.5 Å².